The molecule has 0 bridgehead atoms. The Hall–Kier alpha value is -3.97. The molecule has 0 saturated carbocycles. The number of carbonyl (C=O) groups is 2. The van der Waals surface area contributed by atoms with Gasteiger partial charge in [-0.15, -0.1) is 0 Å². The number of hydrogen-bond donors (Lipinski definition) is 3. The second kappa shape index (κ2) is 11.2. The molecule has 34 heavy (non-hydrogen) atoms. The van der Waals surface area contributed by atoms with Crippen LogP contribution in [0, 0.1) is 18.6 Å². The molecule has 0 atom stereocenters. The average molecular weight is 494 g/mol. The van der Waals surface area contributed by atoms with Crippen molar-refractivity contribution >= 4 is 21.8 Å². The van der Waals surface area contributed by atoms with E-state index in [1.165, 1.54) is 30.5 Å². The molecule has 3 N–H and O–H groups in total. The van der Waals surface area contributed by atoms with Gasteiger partial charge in [-0.1, -0.05) is 6.07 Å². The van der Waals surface area contributed by atoms with Crippen LogP contribution in [-0.2, 0) is 26.0 Å². The molecule has 0 spiro atoms. The van der Waals surface area contributed by atoms with Crippen LogP contribution in [0.4, 0.5) is 8.78 Å². The van der Waals surface area contributed by atoms with E-state index < -0.39 is 33.4 Å². The van der Waals surface area contributed by atoms with E-state index in [0.717, 1.165) is 10.7 Å². The fourth-order valence-electron chi connectivity index (χ4n) is 2.57. The molecular formula is C21H20F2N4O6S. The van der Waals surface area contributed by atoms with E-state index in [-0.39, 0.29) is 22.2 Å². The van der Waals surface area contributed by atoms with E-state index in [9.17, 15) is 26.8 Å². The Kier molecular flexibility index (Phi) is 8.70. The highest BCUT2D eigenvalue weighted by atomic mass is 32.2. The first kappa shape index (κ1) is 26.3. The number of hydrogen-bond acceptors (Lipinski definition) is 7. The maximum absolute atomic E-state index is 14.2. The van der Waals surface area contributed by atoms with Crippen LogP contribution in [0.2, 0.25) is 0 Å². The van der Waals surface area contributed by atoms with Crippen LogP contribution < -0.4 is 5.32 Å². The van der Waals surface area contributed by atoms with Gasteiger partial charge in [-0.25, -0.2) is 31.5 Å². The zero-order chi connectivity index (χ0) is 25.5. The monoisotopic (exact) mass is 494 g/mol. The van der Waals surface area contributed by atoms with Gasteiger partial charge in [0.05, 0.1) is 10.6 Å². The van der Waals surface area contributed by atoms with Crippen LogP contribution in [0.1, 0.15) is 11.4 Å². The highest BCUT2D eigenvalue weighted by Crippen LogP contribution is 2.26. The number of aromatic nitrogens is 3. The average Bonchev–Trinajstić information content (AvgIpc) is 3.20. The van der Waals surface area contributed by atoms with E-state index in [4.69, 9.17) is 10.2 Å². The zero-order valence-electron chi connectivity index (χ0n) is 17.9. The Morgan fingerprint density at radius 1 is 1.12 bits per heavy atom. The second-order valence-electron chi connectivity index (χ2n) is 6.64. The quantitative estimate of drug-likeness (QED) is 0.419. The fraction of sp³-hybridized carbons (Fsp3) is 0.143. The van der Waals surface area contributed by atoms with Gasteiger partial charge < -0.3 is 15.5 Å². The lowest BCUT2D eigenvalue weighted by atomic mass is 10.3. The summed E-state index contributed by atoms with van der Waals surface area (Å²) in [5.74, 6) is -4.78. The molecule has 3 rings (SSSR count). The van der Waals surface area contributed by atoms with Crippen molar-refractivity contribution in [3.05, 3.63) is 77.8 Å². The van der Waals surface area contributed by atoms with Gasteiger partial charge in [-0.2, -0.15) is 5.10 Å². The Bertz CT molecular complexity index is 1310. The molecule has 0 amide bonds. The summed E-state index contributed by atoms with van der Waals surface area (Å²) in [4.78, 5) is 23.0. The summed E-state index contributed by atoms with van der Waals surface area (Å²) in [6.45, 7) is 1.99. The van der Waals surface area contributed by atoms with Crippen molar-refractivity contribution in [1.29, 1.82) is 0 Å². The Morgan fingerprint density at radius 3 is 2.29 bits per heavy atom. The number of carboxylic acid groups (broad SMARTS) is 2. The van der Waals surface area contributed by atoms with Crippen molar-refractivity contribution in [2.45, 2.75) is 23.4 Å². The lowest BCUT2D eigenvalue weighted by Crippen LogP contribution is -2.12. The first-order chi connectivity index (χ1) is 16.0. The Morgan fingerprint density at radius 2 is 1.76 bits per heavy atom. The highest BCUT2D eigenvalue weighted by Gasteiger charge is 2.27. The first-order valence-electron chi connectivity index (χ1n) is 9.47. The third-order valence-corrected chi connectivity index (χ3v) is 5.79. The van der Waals surface area contributed by atoms with Crippen molar-refractivity contribution in [1.82, 2.24) is 20.1 Å². The maximum Gasteiger partial charge on any atom is 0.328 e. The summed E-state index contributed by atoms with van der Waals surface area (Å²) in [5, 5.41) is 22.3. The minimum Gasteiger partial charge on any atom is -0.478 e. The minimum atomic E-state index is -4.04. The van der Waals surface area contributed by atoms with Crippen LogP contribution in [0.25, 0.3) is 5.69 Å². The molecule has 0 aliphatic carbocycles. The smallest absolute Gasteiger partial charge is 0.328 e. The van der Waals surface area contributed by atoms with Crippen molar-refractivity contribution < 1.29 is 37.0 Å². The molecule has 0 fully saturated rings. The topological polar surface area (TPSA) is 151 Å². The van der Waals surface area contributed by atoms with Gasteiger partial charge in [0.15, 0.2) is 16.7 Å². The molecule has 0 saturated heterocycles. The number of nitrogens with zero attached hydrogens (tertiary/aromatic N) is 3. The van der Waals surface area contributed by atoms with Gasteiger partial charge in [0.25, 0.3) is 0 Å². The molecule has 0 aliphatic rings. The molecule has 0 radical (unpaired) electrons. The van der Waals surface area contributed by atoms with Gasteiger partial charge >= 0.3 is 11.9 Å². The Balaban J connectivity index is 0.000000440. The lowest BCUT2D eigenvalue weighted by Gasteiger charge is -2.09. The van der Waals surface area contributed by atoms with Gasteiger partial charge in [0, 0.05) is 36.7 Å². The van der Waals surface area contributed by atoms with Gasteiger partial charge in [0.1, 0.15) is 5.69 Å². The molecule has 10 nitrogen and oxygen atoms in total. The van der Waals surface area contributed by atoms with Crippen LogP contribution >= 0.6 is 0 Å². The predicted octanol–water partition coefficient (Wildman–Crippen LogP) is 2.12. The minimum absolute atomic E-state index is 0.0583. The summed E-state index contributed by atoms with van der Waals surface area (Å²) in [5.41, 5.74) is 0.741. The number of rotatable bonds is 7. The molecule has 13 heteroatoms. The van der Waals surface area contributed by atoms with Crippen molar-refractivity contribution in [3.8, 4) is 5.69 Å². The Labute approximate surface area is 193 Å². The third kappa shape index (κ3) is 6.52. The number of benzene rings is 1. The largest absolute Gasteiger partial charge is 0.478 e. The number of nitrogens with one attached hydrogen (secondary N) is 1. The van der Waals surface area contributed by atoms with Crippen LogP contribution in [0.5, 0.6) is 0 Å². The van der Waals surface area contributed by atoms with E-state index in [1.807, 2.05) is 0 Å². The maximum atomic E-state index is 14.2. The molecule has 1 aromatic carbocycles. The second-order valence-corrected chi connectivity index (χ2v) is 8.53. The van der Waals surface area contributed by atoms with E-state index in [2.05, 4.69) is 15.4 Å². The zero-order valence-corrected chi connectivity index (χ0v) is 18.8. The molecular weight excluding hydrogens is 474 g/mol. The summed E-state index contributed by atoms with van der Waals surface area (Å²) in [6.07, 6.45) is 2.34. The normalized spacial score (nSPS) is 11.2. The van der Waals surface area contributed by atoms with Crippen LogP contribution in [-0.4, -0.2) is 52.4 Å². The SMILES string of the molecule is CNCc1cc(S(=O)(=O)c2ccc(C)nc2)n(-c2cccc(F)c2F)n1.O=C(O)C=CC(=O)O. The molecule has 0 unspecified atom stereocenters. The number of aryl methyl sites for hydroxylation is 1. The molecule has 180 valence electrons. The summed E-state index contributed by atoms with van der Waals surface area (Å²) in [7, 11) is -2.37. The van der Waals surface area contributed by atoms with Gasteiger partial charge in [-0.05, 0) is 38.2 Å². The predicted molar refractivity (Wildman–Crippen MR) is 115 cm³/mol. The third-order valence-electron chi connectivity index (χ3n) is 4.08. The van der Waals surface area contributed by atoms with E-state index in [0.29, 0.717) is 23.5 Å². The summed E-state index contributed by atoms with van der Waals surface area (Å²) < 4.78 is 54.8. The van der Waals surface area contributed by atoms with Crippen molar-refractivity contribution in [2.75, 3.05) is 7.05 Å². The first-order valence-corrected chi connectivity index (χ1v) is 10.9. The molecule has 0 aliphatic heterocycles. The van der Waals surface area contributed by atoms with Crippen LogP contribution in [0.15, 0.2) is 64.7 Å². The number of sulfone groups is 1. The molecule has 2 heterocycles. The fourth-order valence-corrected chi connectivity index (χ4v) is 3.91. The summed E-state index contributed by atoms with van der Waals surface area (Å²) in [6, 6.07) is 7.81. The number of halogens is 2. The lowest BCUT2D eigenvalue weighted by molar-refractivity contribution is -0.134. The summed E-state index contributed by atoms with van der Waals surface area (Å²) >= 11 is 0. The van der Waals surface area contributed by atoms with E-state index >= 15 is 0 Å². The van der Waals surface area contributed by atoms with Crippen molar-refractivity contribution in [2.24, 2.45) is 0 Å². The standard InChI is InChI=1S/C17H16F2N4O2S.C4H4O4/c1-11-6-7-13(10-21-11)26(24,25)16-8-12(9-20-2)22-23(16)15-5-3-4-14(18)17(15)19;5-3(6)1-2-4(7)8/h3-8,10,20H,9H2,1-2H3;1-2H,(H,5,6)(H,7,8). The van der Waals surface area contributed by atoms with Crippen molar-refractivity contribution in [3.63, 3.8) is 0 Å². The van der Waals surface area contributed by atoms with Gasteiger partial charge in [0.2, 0.25) is 9.84 Å². The molecule has 3 aromatic rings. The molecule has 2 aromatic heterocycles. The van der Waals surface area contributed by atoms with Crippen LogP contribution in [0.3, 0.4) is 0 Å². The van der Waals surface area contributed by atoms with E-state index in [1.54, 1.807) is 20.0 Å². The van der Waals surface area contributed by atoms with Gasteiger partial charge in [-0.3, -0.25) is 4.98 Å². The highest BCUT2D eigenvalue weighted by molar-refractivity contribution is 7.91. The number of carboxylic acids is 2. The number of aliphatic carboxylic acids is 2. The number of pyridine rings is 1.